The van der Waals surface area contributed by atoms with Crippen molar-refractivity contribution in [1.29, 1.82) is 0 Å². The number of carbonyl (C=O) groups is 1. The van der Waals surface area contributed by atoms with Crippen molar-refractivity contribution in [3.05, 3.63) is 47.6 Å². The van der Waals surface area contributed by atoms with Crippen LogP contribution in [0.2, 0.25) is 0 Å². The van der Waals surface area contributed by atoms with Gasteiger partial charge in [-0.3, -0.25) is 4.79 Å². The zero-order valence-corrected chi connectivity index (χ0v) is 14.2. The molecule has 6 nitrogen and oxygen atoms in total. The summed E-state index contributed by atoms with van der Waals surface area (Å²) in [5, 5.41) is 3.12. The Morgan fingerprint density at radius 2 is 2.40 bits per heavy atom. The Morgan fingerprint density at radius 3 is 3.28 bits per heavy atom. The van der Waals surface area contributed by atoms with Crippen LogP contribution in [0, 0.1) is 0 Å². The van der Waals surface area contributed by atoms with Crippen molar-refractivity contribution in [2.75, 3.05) is 13.2 Å². The number of para-hydroxylation sites is 1. The van der Waals surface area contributed by atoms with Crippen LogP contribution in [0.1, 0.15) is 24.7 Å². The third kappa shape index (κ3) is 3.12. The molecule has 1 unspecified atom stereocenters. The van der Waals surface area contributed by atoms with E-state index in [1.54, 1.807) is 0 Å². The number of imidazole rings is 1. The quantitative estimate of drug-likeness (QED) is 0.927. The van der Waals surface area contributed by atoms with Gasteiger partial charge in [-0.25, -0.2) is 4.98 Å². The average Bonchev–Trinajstić information content (AvgIpc) is 3.09. The fourth-order valence-corrected chi connectivity index (χ4v) is 3.34. The zero-order chi connectivity index (χ0) is 17.2. The smallest absolute Gasteiger partial charge is 0.250 e. The molecule has 3 heterocycles. The average molecular weight is 339 g/mol. The van der Waals surface area contributed by atoms with Gasteiger partial charge in [0.05, 0.1) is 12.2 Å². The zero-order valence-electron chi connectivity index (χ0n) is 14.2. The molecule has 0 saturated carbocycles. The summed E-state index contributed by atoms with van der Waals surface area (Å²) in [4.78, 5) is 16.9. The molecule has 1 aromatic carbocycles. The highest BCUT2D eigenvalue weighted by atomic mass is 16.5. The van der Waals surface area contributed by atoms with Gasteiger partial charge in [0.15, 0.2) is 11.5 Å². The summed E-state index contributed by atoms with van der Waals surface area (Å²) in [6.07, 6.45) is 7.45. The highest BCUT2D eigenvalue weighted by Gasteiger charge is 2.24. The van der Waals surface area contributed by atoms with Crippen molar-refractivity contribution < 1.29 is 14.3 Å². The Labute approximate surface area is 146 Å². The molecular formula is C19H21N3O3. The molecule has 1 amide bonds. The molecular weight excluding hydrogens is 318 g/mol. The van der Waals surface area contributed by atoms with Crippen LogP contribution in [-0.2, 0) is 17.8 Å². The molecule has 0 radical (unpaired) electrons. The number of nitrogens with zero attached hydrogens (tertiary/aromatic N) is 2. The number of amides is 1. The number of hydrogen-bond donors (Lipinski definition) is 1. The van der Waals surface area contributed by atoms with Gasteiger partial charge in [0.25, 0.3) is 5.91 Å². The number of fused-ring (bicyclic) bond motifs is 2. The summed E-state index contributed by atoms with van der Waals surface area (Å²) < 4.78 is 13.5. The topological polar surface area (TPSA) is 65.4 Å². The van der Waals surface area contributed by atoms with E-state index in [2.05, 4.69) is 14.9 Å². The van der Waals surface area contributed by atoms with Crippen LogP contribution in [0.15, 0.2) is 36.2 Å². The van der Waals surface area contributed by atoms with E-state index in [4.69, 9.17) is 9.47 Å². The van der Waals surface area contributed by atoms with E-state index in [0.717, 1.165) is 36.5 Å². The van der Waals surface area contributed by atoms with Crippen LogP contribution >= 0.6 is 0 Å². The first-order valence-corrected chi connectivity index (χ1v) is 8.64. The summed E-state index contributed by atoms with van der Waals surface area (Å²) >= 11 is 0. The minimum absolute atomic E-state index is 0.0685. The highest BCUT2D eigenvalue weighted by Crippen LogP contribution is 2.35. The highest BCUT2D eigenvalue weighted by molar-refractivity contribution is 5.99. The standard InChI is InChI=1S/C19H21N3O3/c1-2-24-16-5-3-4-13-10-14(12-25-18(13)16)19(23)21-15-6-7-17-20-8-9-22(17)11-15/h3-5,8-10,15H,2,6-7,11-12H2,1H3,(H,21,23). The van der Waals surface area contributed by atoms with Gasteiger partial charge in [-0.15, -0.1) is 0 Å². The molecule has 1 aromatic heterocycles. The molecule has 0 bridgehead atoms. The number of hydrogen-bond acceptors (Lipinski definition) is 4. The van der Waals surface area contributed by atoms with Crippen LogP contribution < -0.4 is 14.8 Å². The lowest BCUT2D eigenvalue weighted by molar-refractivity contribution is -0.118. The maximum absolute atomic E-state index is 12.6. The van der Waals surface area contributed by atoms with E-state index in [-0.39, 0.29) is 18.6 Å². The second-order valence-electron chi connectivity index (χ2n) is 6.27. The second-order valence-corrected chi connectivity index (χ2v) is 6.27. The van der Waals surface area contributed by atoms with Crippen molar-refractivity contribution in [1.82, 2.24) is 14.9 Å². The Kier molecular flexibility index (Phi) is 4.17. The lowest BCUT2D eigenvalue weighted by Crippen LogP contribution is -2.42. The van der Waals surface area contributed by atoms with Crippen molar-refractivity contribution in [3.63, 3.8) is 0 Å². The van der Waals surface area contributed by atoms with Gasteiger partial charge in [0, 0.05) is 37.0 Å². The summed E-state index contributed by atoms with van der Waals surface area (Å²) in [5.74, 6) is 2.45. The SMILES string of the molecule is CCOc1cccc2c1OCC(C(=O)NC1CCc3nccn3C1)=C2. The molecule has 25 heavy (non-hydrogen) atoms. The van der Waals surface area contributed by atoms with Crippen molar-refractivity contribution >= 4 is 12.0 Å². The van der Waals surface area contributed by atoms with Crippen LogP contribution in [0.4, 0.5) is 0 Å². The molecule has 2 aliphatic heterocycles. The van der Waals surface area contributed by atoms with Gasteiger partial charge >= 0.3 is 0 Å². The summed E-state index contributed by atoms with van der Waals surface area (Å²) in [7, 11) is 0. The van der Waals surface area contributed by atoms with Gasteiger partial charge in [-0.05, 0) is 25.5 Å². The Bertz CT molecular complexity index is 825. The Hall–Kier alpha value is -2.76. The first-order chi connectivity index (χ1) is 12.2. The number of nitrogens with one attached hydrogen (secondary N) is 1. The molecule has 0 aliphatic carbocycles. The van der Waals surface area contributed by atoms with E-state index in [0.29, 0.717) is 17.9 Å². The molecule has 2 aromatic rings. The van der Waals surface area contributed by atoms with Gasteiger partial charge < -0.3 is 19.4 Å². The Balaban J connectivity index is 1.47. The number of aromatic nitrogens is 2. The van der Waals surface area contributed by atoms with Gasteiger partial charge in [-0.2, -0.15) is 0 Å². The van der Waals surface area contributed by atoms with Crippen LogP contribution in [-0.4, -0.2) is 34.7 Å². The normalized spacial score (nSPS) is 18.4. The number of ether oxygens (including phenoxy) is 2. The molecule has 1 atom stereocenters. The lowest BCUT2D eigenvalue weighted by atomic mass is 10.0. The number of benzene rings is 1. The van der Waals surface area contributed by atoms with Crippen molar-refractivity contribution in [2.24, 2.45) is 0 Å². The second kappa shape index (κ2) is 6.63. The molecule has 6 heteroatoms. The van der Waals surface area contributed by atoms with Crippen molar-refractivity contribution in [3.8, 4) is 11.5 Å². The van der Waals surface area contributed by atoms with E-state index >= 15 is 0 Å². The first-order valence-electron chi connectivity index (χ1n) is 8.64. The molecule has 0 fully saturated rings. The molecule has 130 valence electrons. The van der Waals surface area contributed by atoms with E-state index in [9.17, 15) is 4.79 Å². The third-order valence-electron chi connectivity index (χ3n) is 4.57. The number of aryl methyl sites for hydroxylation is 1. The third-order valence-corrected chi connectivity index (χ3v) is 4.57. The molecule has 0 spiro atoms. The van der Waals surface area contributed by atoms with Crippen LogP contribution in [0.3, 0.4) is 0 Å². The Morgan fingerprint density at radius 1 is 1.48 bits per heavy atom. The van der Waals surface area contributed by atoms with E-state index < -0.39 is 0 Å². The summed E-state index contributed by atoms with van der Waals surface area (Å²) in [5.41, 5.74) is 1.51. The van der Waals surface area contributed by atoms with Gasteiger partial charge in [0.1, 0.15) is 12.4 Å². The van der Waals surface area contributed by atoms with Crippen LogP contribution in [0.5, 0.6) is 11.5 Å². The molecule has 0 saturated heterocycles. The van der Waals surface area contributed by atoms with E-state index in [1.165, 1.54) is 0 Å². The molecule has 2 aliphatic rings. The monoisotopic (exact) mass is 339 g/mol. The predicted molar refractivity (Wildman–Crippen MR) is 93.6 cm³/mol. The predicted octanol–water partition coefficient (Wildman–Crippen LogP) is 2.19. The lowest BCUT2D eigenvalue weighted by Gasteiger charge is -2.26. The summed E-state index contributed by atoms with van der Waals surface area (Å²) in [6.45, 7) is 3.54. The molecule has 1 N–H and O–H groups in total. The largest absolute Gasteiger partial charge is 0.490 e. The number of rotatable bonds is 4. The minimum Gasteiger partial charge on any atom is -0.490 e. The first kappa shape index (κ1) is 15.7. The summed E-state index contributed by atoms with van der Waals surface area (Å²) in [6, 6.07) is 5.84. The number of carbonyl (C=O) groups excluding carboxylic acids is 1. The maximum Gasteiger partial charge on any atom is 0.250 e. The van der Waals surface area contributed by atoms with Crippen molar-refractivity contribution in [2.45, 2.75) is 32.4 Å². The minimum atomic E-state index is -0.0685. The van der Waals surface area contributed by atoms with Gasteiger partial charge in [-0.1, -0.05) is 12.1 Å². The fraction of sp³-hybridized carbons (Fsp3) is 0.368. The van der Waals surface area contributed by atoms with Crippen LogP contribution in [0.25, 0.3) is 6.08 Å². The van der Waals surface area contributed by atoms with Gasteiger partial charge in [0.2, 0.25) is 0 Å². The fourth-order valence-electron chi connectivity index (χ4n) is 3.34. The van der Waals surface area contributed by atoms with E-state index in [1.807, 2.05) is 43.6 Å². The molecule has 4 rings (SSSR count). The maximum atomic E-state index is 12.6.